The molecule has 0 amide bonds. The third-order valence-electron chi connectivity index (χ3n) is 1.56. The van der Waals surface area contributed by atoms with Gasteiger partial charge in [0.15, 0.2) is 17.8 Å². The minimum atomic E-state index is -0.294. The van der Waals surface area contributed by atoms with Crippen molar-refractivity contribution < 1.29 is 15.0 Å². The highest BCUT2D eigenvalue weighted by atomic mass is 79.9. The van der Waals surface area contributed by atoms with Gasteiger partial charge in [0.25, 0.3) is 0 Å². The molecule has 4 heteroatoms. The maximum atomic E-state index is 10.4. The van der Waals surface area contributed by atoms with Crippen LogP contribution in [0, 0.1) is 6.92 Å². The number of aldehydes is 1. The number of aromatic hydroxyl groups is 2. The van der Waals surface area contributed by atoms with Gasteiger partial charge in [0.05, 0.1) is 4.47 Å². The van der Waals surface area contributed by atoms with Crippen LogP contribution >= 0.6 is 15.9 Å². The Hall–Kier alpha value is -1.03. The van der Waals surface area contributed by atoms with Crippen molar-refractivity contribution in [3.05, 3.63) is 21.7 Å². The molecule has 0 saturated carbocycles. The highest BCUT2D eigenvalue weighted by Crippen LogP contribution is 2.37. The van der Waals surface area contributed by atoms with Crippen LogP contribution in [0.5, 0.6) is 11.5 Å². The summed E-state index contributed by atoms with van der Waals surface area (Å²) in [7, 11) is 0. The minimum Gasteiger partial charge on any atom is -0.504 e. The van der Waals surface area contributed by atoms with Crippen LogP contribution in [-0.2, 0) is 0 Å². The van der Waals surface area contributed by atoms with Gasteiger partial charge in [-0.3, -0.25) is 4.79 Å². The molecule has 0 radical (unpaired) electrons. The maximum absolute atomic E-state index is 10.4. The van der Waals surface area contributed by atoms with Crippen molar-refractivity contribution in [3.8, 4) is 11.5 Å². The Morgan fingerprint density at radius 2 is 2.00 bits per heavy atom. The van der Waals surface area contributed by atoms with Crippen molar-refractivity contribution in [3.63, 3.8) is 0 Å². The predicted octanol–water partition coefficient (Wildman–Crippen LogP) is 1.98. The van der Waals surface area contributed by atoms with Crippen molar-refractivity contribution in [2.45, 2.75) is 6.92 Å². The van der Waals surface area contributed by atoms with Gasteiger partial charge >= 0.3 is 0 Å². The molecule has 0 bridgehead atoms. The van der Waals surface area contributed by atoms with Crippen molar-refractivity contribution in [1.29, 1.82) is 0 Å². The van der Waals surface area contributed by atoms with Gasteiger partial charge in [-0.15, -0.1) is 0 Å². The molecule has 0 aliphatic carbocycles. The van der Waals surface area contributed by atoms with Gasteiger partial charge in [-0.25, -0.2) is 0 Å². The Balaban J connectivity index is 3.49. The molecule has 0 unspecified atom stereocenters. The molecule has 0 atom stereocenters. The molecule has 1 aromatic carbocycles. The number of phenols is 2. The van der Waals surface area contributed by atoms with E-state index in [9.17, 15) is 15.0 Å². The normalized spacial score (nSPS) is 9.83. The van der Waals surface area contributed by atoms with Gasteiger partial charge < -0.3 is 10.2 Å². The summed E-state index contributed by atoms with van der Waals surface area (Å²) in [4.78, 5) is 10.4. The molecule has 0 spiro atoms. The largest absolute Gasteiger partial charge is 0.504 e. The zero-order valence-electron chi connectivity index (χ0n) is 6.34. The summed E-state index contributed by atoms with van der Waals surface area (Å²) in [6.45, 7) is 1.61. The van der Waals surface area contributed by atoms with Crippen molar-refractivity contribution in [2.24, 2.45) is 0 Å². The molecule has 2 N–H and O–H groups in total. The molecule has 12 heavy (non-hydrogen) atoms. The highest BCUT2D eigenvalue weighted by Gasteiger charge is 2.11. The minimum absolute atomic E-state index is 0.201. The maximum Gasteiger partial charge on any atom is 0.172 e. The summed E-state index contributed by atoms with van der Waals surface area (Å²) >= 11 is 2.98. The number of phenolic OH excluding ortho intramolecular Hbond substituents is 2. The number of rotatable bonds is 1. The second-order valence-electron chi connectivity index (χ2n) is 2.41. The summed E-state index contributed by atoms with van der Waals surface area (Å²) < 4.78 is 0.223. The third kappa shape index (κ3) is 1.30. The van der Waals surface area contributed by atoms with Crippen molar-refractivity contribution in [2.75, 3.05) is 0 Å². The summed E-state index contributed by atoms with van der Waals surface area (Å²) in [5.74, 6) is -0.496. The van der Waals surface area contributed by atoms with Crippen LogP contribution in [0.15, 0.2) is 10.5 Å². The topological polar surface area (TPSA) is 57.5 Å². The van der Waals surface area contributed by atoms with E-state index in [0.717, 1.165) is 0 Å². The zero-order valence-corrected chi connectivity index (χ0v) is 7.92. The Kier molecular flexibility index (Phi) is 2.38. The fraction of sp³-hybridized carbons (Fsp3) is 0.125. The van der Waals surface area contributed by atoms with Crippen LogP contribution in [0.3, 0.4) is 0 Å². The van der Waals surface area contributed by atoms with Crippen LogP contribution < -0.4 is 0 Å². The fourth-order valence-electron chi connectivity index (χ4n) is 0.878. The summed E-state index contributed by atoms with van der Waals surface area (Å²) in [5.41, 5.74) is 0.792. The van der Waals surface area contributed by atoms with E-state index < -0.39 is 0 Å². The first kappa shape index (κ1) is 9.06. The number of carbonyl (C=O) groups is 1. The van der Waals surface area contributed by atoms with Gasteiger partial charge in [0.2, 0.25) is 0 Å². The monoisotopic (exact) mass is 230 g/mol. The molecule has 0 aliphatic heterocycles. The van der Waals surface area contributed by atoms with Gasteiger partial charge in [0, 0.05) is 5.56 Å². The van der Waals surface area contributed by atoms with E-state index in [-0.39, 0.29) is 16.0 Å². The summed E-state index contributed by atoms with van der Waals surface area (Å²) in [5, 5.41) is 18.5. The first-order chi connectivity index (χ1) is 5.57. The lowest BCUT2D eigenvalue weighted by Crippen LogP contribution is -1.86. The number of carbonyl (C=O) groups excluding carboxylic acids is 1. The smallest absolute Gasteiger partial charge is 0.172 e. The van der Waals surface area contributed by atoms with E-state index in [4.69, 9.17) is 0 Å². The molecule has 64 valence electrons. The fourth-order valence-corrected chi connectivity index (χ4v) is 1.27. The average Bonchev–Trinajstić information content (AvgIpc) is 2.08. The number of halogens is 1. The van der Waals surface area contributed by atoms with Crippen LogP contribution in [-0.4, -0.2) is 16.5 Å². The Labute approximate surface area is 77.8 Å². The second kappa shape index (κ2) is 3.15. The Morgan fingerprint density at radius 1 is 1.42 bits per heavy atom. The molecule has 0 heterocycles. The lowest BCUT2D eigenvalue weighted by molar-refractivity contribution is 0.112. The Bertz CT molecular complexity index is 334. The third-order valence-corrected chi connectivity index (χ3v) is 2.39. The van der Waals surface area contributed by atoms with E-state index >= 15 is 0 Å². The average molecular weight is 231 g/mol. The molecule has 3 nitrogen and oxygen atoms in total. The van der Waals surface area contributed by atoms with E-state index in [1.165, 1.54) is 6.07 Å². The number of hydrogen-bond donors (Lipinski definition) is 2. The van der Waals surface area contributed by atoms with Gasteiger partial charge in [-0.1, -0.05) is 0 Å². The van der Waals surface area contributed by atoms with Crippen LogP contribution in [0.1, 0.15) is 15.9 Å². The number of hydrogen-bond acceptors (Lipinski definition) is 3. The van der Waals surface area contributed by atoms with E-state index in [1.807, 2.05) is 0 Å². The Morgan fingerprint density at radius 3 is 2.50 bits per heavy atom. The van der Waals surface area contributed by atoms with E-state index in [0.29, 0.717) is 17.4 Å². The van der Waals surface area contributed by atoms with E-state index in [1.54, 1.807) is 6.92 Å². The first-order valence-corrected chi connectivity index (χ1v) is 4.03. The zero-order chi connectivity index (χ0) is 9.30. The lowest BCUT2D eigenvalue weighted by Gasteiger charge is -2.05. The van der Waals surface area contributed by atoms with Crippen LogP contribution in [0.2, 0.25) is 0 Å². The van der Waals surface area contributed by atoms with Crippen LogP contribution in [0.25, 0.3) is 0 Å². The molecular formula is C8H7BrO3. The molecular weight excluding hydrogens is 224 g/mol. The quantitative estimate of drug-likeness (QED) is 0.573. The summed E-state index contributed by atoms with van der Waals surface area (Å²) in [6, 6.07) is 1.49. The highest BCUT2D eigenvalue weighted by molar-refractivity contribution is 9.10. The molecule has 1 rings (SSSR count). The molecule has 0 aliphatic rings. The molecule has 0 saturated heterocycles. The van der Waals surface area contributed by atoms with Gasteiger partial charge in [-0.05, 0) is 34.5 Å². The summed E-state index contributed by atoms with van der Waals surface area (Å²) in [6.07, 6.45) is 0.607. The predicted molar refractivity (Wildman–Crippen MR) is 47.6 cm³/mol. The number of benzene rings is 1. The van der Waals surface area contributed by atoms with E-state index in [2.05, 4.69) is 15.9 Å². The second-order valence-corrected chi connectivity index (χ2v) is 3.20. The number of aryl methyl sites for hydroxylation is 1. The molecule has 1 aromatic rings. The van der Waals surface area contributed by atoms with Crippen molar-refractivity contribution in [1.82, 2.24) is 0 Å². The van der Waals surface area contributed by atoms with Gasteiger partial charge in [0.1, 0.15) is 0 Å². The SMILES string of the molecule is Cc1cc(C=O)c(Br)c(O)c1O. The lowest BCUT2D eigenvalue weighted by atomic mass is 10.1. The first-order valence-electron chi connectivity index (χ1n) is 3.24. The van der Waals surface area contributed by atoms with Crippen LogP contribution in [0.4, 0.5) is 0 Å². The standard InChI is InChI=1S/C8H7BrO3/c1-4-2-5(3-10)6(9)8(12)7(4)11/h2-3,11-12H,1H3. The van der Waals surface area contributed by atoms with Gasteiger partial charge in [-0.2, -0.15) is 0 Å². The van der Waals surface area contributed by atoms with Crippen molar-refractivity contribution >= 4 is 22.2 Å². The molecule has 0 aromatic heterocycles. The molecule has 0 fully saturated rings.